The topological polar surface area (TPSA) is 81.4 Å². The lowest BCUT2D eigenvalue weighted by Crippen LogP contribution is -2.27. The number of amides is 2. The number of ether oxygens (including phenoxy) is 1. The van der Waals surface area contributed by atoms with Crippen LogP contribution in [-0.2, 0) is 4.74 Å². The van der Waals surface area contributed by atoms with Gasteiger partial charge in [0.2, 0.25) is 5.91 Å². The smallest absolute Gasteiger partial charge is 0.412 e. The molecule has 0 radical (unpaired) electrons. The molecule has 0 spiro atoms. The molecule has 0 heterocycles. The third kappa shape index (κ3) is 4.08. The number of aryl methyl sites for hydroxylation is 1. The lowest BCUT2D eigenvalue weighted by atomic mass is 10.1. The van der Waals surface area contributed by atoms with Crippen molar-refractivity contribution in [3.05, 3.63) is 29.3 Å². The van der Waals surface area contributed by atoms with E-state index in [1.165, 1.54) is 0 Å². The molecule has 1 aromatic rings. The van der Waals surface area contributed by atoms with Crippen molar-refractivity contribution in [2.24, 2.45) is 5.73 Å². The molecule has 0 saturated heterocycles. The molecule has 0 unspecified atom stereocenters. The van der Waals surface area contributed by atoms with Crippen LogP contribution >= 0.6 is 0 Å². The number of hydrogen-bond acceptors (Lipinski definition) is 3. The van der Waals surface area contributed by atoms with Gasteiger partial charge in [-0.3, -0.25) is 10.1 Å². The van der Waals surface area contributed by atoms with Gasteiger partial charge in [-0.15, -0.1) is 0 Å². The largest absolute Gasteiger partial charge is 0.444 e. The van der Waals surface area contributed by atoms with Crippen molar-refractivity contribution in [1.29, 1.82) is 0 Å². The number of carbonyl (C=O) groups is 2. The van der Waals surface area contributed by atoms with Gasteiger partial charge in [0, 0.05) is 11.3 Å². The molecule has 0 bridgehead atoms. The van der Waals surface area contributed by atoms with Crippen LogP contribution in [0.4, 0.5) is 10.5 Å². The van der Waals surface area contributed by atoms with Crippen LogP contribution in [0.15, 0.2) is 18.2 Å². The standard InChI is InChI=1S/C13H18N2O3/c1-8-7-9(11(14)16)5-6-10(8)15-12(17)18-13(2,3)4/h5-7H,1-4H3,(H2,14,16)(H,15,17). The first-order chi connectivity index (χ1) is 8.19. The molecule has 2 amide bonds. The quantitative estimate of drug-likeness (QED) is 0.845. The van der Waals surface area contributed by atoms with Gasteiger partial charge in [-0.05, 0) is 51.5 Å². The maximum atomic E-state index is 11.6. The second-order valence-electron chi connectivity index (χ2n) is 5.02. The van der Waals surface area contributed by atoms with Crippen LogP contribution in [0.5, 0.6) is 0 Å². The molecule has 0 fully saturated rings. The predicted molar refractivity (Wildman–Crippen MR) is 69.6 cm³/mol. The number of nitrogens with one attached hydrogen (secondary N) is 1. The van der Waals surface area contributed by atoms with Crippen molar-refractivity contribution in [3.8, 4) is 0 Å². The number of benzene rings is 1. The summed E-state index contributed by atoms with van der Waals surface area (Å²) >= 11 is 0. The molecule has 0 aliphatic carbocycles. The first kappa shape index (κ1) is 14.0. The monoisotopic (exact) mass is 250 g/mol. The first-order valence-electron chi connectivity index (χ1n) is 5.59. The van der Waals surface area contributed by atoms with Crippen molar-refractivity contribution >= 4 is 17.7 Å². The Kier molecular flexibility index (Phi) is 3.96. The molecule has 98 valence electrons. The zero-order chi connectivity index (χ0) is 13.9. The Hall–Kier alpha value is -2.04. The lowest BCUT2D eigenvalue weighted by Gasteiger charge is -2.20. The molecule has 0 atom stereocenters. The summed E-state index contributed by atoms with van der Waals surface area (Å²) in [6.45, 7) is 7.14. The van der Waals surface area contributed by atoms with E-state index in [4.69, 9.17) is 10.5 Å². The highest BCUT2D eigenvalue weighted by Crippen LogP contribution is 2.17. The van der Waals surface area contributed by atoms with Crippen LogP contribution in [0.25, 0.3) is 0 Å². The molecule has 0 saturated carbocycles. The molecular formula is C13H18N2O3. The Morgan fingerprint density at radius 3 is 2.33 bits per heavy atom. The van der Waals surface area contributed by atoms with Crippen molar-refractivity contribution in [3.63, 3.8) is 0 Å². The van der Waals surface area contributed by atoms with E-state index in [9.17, 15) is 9.59 Å². The molecule has 1 rings (SSSR count). The van der Waals surface area contributed by atoms with Gasteiger partial charge in [0.25, 0.3) is 0 Å². The van der Waals surface area contributed by atoms with E-state index in [1.54, 1.807) is 45.9 Å². The zero-order valence-corrected chi connectivity index (χ0v) is 11.0. The van der Waals surface area contributed by atoms with E-state index in [0.29, 0.717) is 11.3 Å². The fourth-order valence-electron chi connectivity index (χ4n) is 1.37. The van der Waals surface area contributed by atoms with Gasteiger partial charge in [-0.25, -0.2) is 4.79 Å². The van der Waals surface area contributed by atoms with E-state index in [0.717, 1.165) is 5.56 Å². The number of hydrogen-bond donors (Lipinski definition) is 2. The third-order valence-electron chi connectivity index (χ3n) is 2.15. The summed E-state index contributed by atoms with van der Waals surface area (Å²) < 4.78 is 5.13. The molecule has 0 aliphatic heterocycles. The highest BCUT2D eigenvalue weighted by Gasteiger charge is 2.16. The van der Waals surface area contributed by atoms with Crippen LogP contribution in [0.3, 0.4) is 0 Å². The molecule has 0 aromatic heterocycles. The lowest BCUT2D eigenvalue weighted by molar-refractivity contribution is 0.0635. The van der Waals surface area contributed by atoms with Crippen LogP contribution in [0.2, 0.25) is 0 Å². The summed E-state index contributed by atoms with van der Waals surface area (Å²) in [4.78, 5) is 22.6. The number of anilines is 1. The van der Waals surface area contributed by atoms with E-state index in [1.807, 2.05) is 0 Å². The Balaban J connectivity index is 2.80. The zero-order valence-electron chi connectivity index (χ0n) is 11.0. The summed E-state index contributed by atoms with van der Waals surface area (Å²) in [5.41, 5.74) is 6.36. The van der Waals surface area contributed by atoms with Gasteiger partial charge < -0.3 is 10.5 Å². The number of primary amides is 1. The Morgan fingerprint density at radius 1 is 1.28 bits per heavy atom. The van der Waals surface area contributed by atoms with E-state index >= 15 is 0 Å². The molecule has 18 heavy (non-hydrogen) atoms. The number of rotatable bonds is 2. The predicted octanol–water partition coefficient (Wildman–Crippen LogP) is 2.44. The van der Waals surface area contributed by atoms with Crippen molar-refractivity contribution in [2.75, 3.05) is 5.32 Å². The maximum absolute atomic E-state index is 11.6. The molecular weight excluding hydrogens is 232 g/mol. The van der Waals surface area contributed by atoms with Gasteiger partial charge in [-0.1, -0.05) is 0 Å². The molecule has 5 heteroatoms. The van der Waals surface area contributed by atoms with E-state index < -0.39 is 17.6 Å². The summed E-state index contributed by atoms with van der Waals surface area (Å²) in [5, 5.41) is 2.62. The van der Waals surface area contributed by atoms with Crippen molar-refractivity contribution < 1.29 is 14.3 Å². The highest BCUT2D eigenvalue weighted by atomic mass is 16.6. The Bertz CT molecular complexity index is 476. The fourth-order valence-corrected chi connectivity index (χ4v) is 1.37. The van der Waals surface area contributed by atoms with E-state index in [2.05, 4.69) is 5.32 Å². The minimum Gasteiger partial charge on any atom is -0.444 e. The van der Waals surface area contributed by atoms with Gasteiger partial charge in [0.05, 0.1) is 0 Å². The van der Waals surface area contributed by atoms with Crippen LogP contribution < -0.4 is 11.1 Å². The minimum atomic E-state index is -0.550. The summed E-state index contributed by atoms with van der Waals surface area (Å²) in [5.74, 6) is -0.498. The van der Waals surface area contributed by atoms with Crippen molar-refractivity contribution in [1.82, 2.24) is 0 Å². The second-order valence-corrected chi connectivity index (χ2v) is 5.02. The molecule has 1 aromatic carbocycles. The SMILES string of the molecule is Cc1cc(C(N)=O)ccc1NC(=O)OC(C)(C)C. The van der Waals surface area contributed by atoms with Gasteiger partial charge in [0.1, 0.15) is 5.60 Å². The Morgan fingerprint density at radius 2 is 1.89 bits per heavy atom. The molecule has 5 nitrogen and oxygen atoms in total. The second kappa shape index (κ2) is 5.08. The fraction of sp³-hybridized carbons (Fsp3) is 0.385. The average Bonchev–Trinajstić information content (AvgIpc) is 2.17. The average molecular weight is 250 g/mol. The van der Waals surface area contributed by atoms with Crippen LogP contribution in [0.1, 0.15) is 36.7 Å². The summed E-state index contributed by atoms with van der Waals surface area (Å²) in [6.07, 6.45) is -0.530. The summed E-state index contributed by atoms with van der Waals surface area (Å²) in [7, 11) is 0. The highest BCUT2D eigenvalue weighted by molar-refractivity contribution is 5.94. The molecule has 3 N–H and O–H groups in total. The van der Waals surface area contributed by atoms with Crippen LogP contribution in [-0.4, -0.2) is 17.6 Å². The normalized spacial score (nSPS) is 10.9. The maximum Gasteiger partial charge on any atom is 0.412 e. The first-order valence-corrected chi connectivity index (χ1v) is 5.59. The Labute approximate surface area is 106 Å². The van der Waals surface area contributed by atoms with Gasteiger partial charge in [0.15, 0.2) is 0 Å². The van der Waals surface area contributed by atoms with Crippen molar-refractivity contribution in [2.45, 2.75) is 33.3 Å². The summed E-state index contributed by atoms with van der Waals surface area (Å²) in [6, 6.07) is 4.80. The van der Waals surface area contributed by atoms with Gasteiger partial charge in [-0.2, -0.15) is 0 Å². The third-order valence-corrected chi connectivity index (χ3v) is 2.15. The van der Waals surface area contributed by atoms with Gasteiger partial charge >= 0.3 is 6.09 Å². The minimum absolute atomic E-state index is 0.405. The van der Waals surface area contributed by atoms with Crippen LogP contribution in [0, 0.1) is 6.92 Å². The van der Waals surface area contributed by atoms with E-state index in [-0.39, 0.29) is 0 Å². The molecule has 0 aliphatic rings. The number of carbonyl (C=O) groups excluding carboxylic acids is 2. The number of nitrogens with two attached hydrogens (primary N) is 1.